The third-order valence-corrected chi connectivity index (χ3v) is 1.90. The zero-order chi connectivity index (χ0) is 11.8. The van der Waals surface area contributed by atoms with E-state index in [2.05, 4.69) is 5.32 Å². The number of benzene rings is 1. The van der Waals surface area contributed by atoms with Gasteiger partial charge in [-0.05, 0) is 6.07 Å². The molecule has 6 heteroatoms. The van der Waals surface area contributed by atoms with E-state index in [0.717, 1.165) is 0 Å². The summed E-state index contributed by atoms with van der Waals surface area (Å²) in [6.07, 6.45) is 0. The summed E-state index contributed by atoms with van der Waals surface area (Å²) in [5.74, 6) is 0. The van der Waals surface area contributed by atoms with Crippen molar-refractivity contribution >= 4 is 11.4 Å². The van der Waals surface area contributed by atoms with Crippen molar-refractivity contribution < 1.29 is 14.8 Å². The standard InChI is InChI=1S/C10H14N2O4/c13-6-8-16-7-5-11-9-3-1-2-4-10(9)12(14)15/h1-4,11,13H,5-8H2. The molecule has 88 valence electrons. The Morgan fingerprint density at radius 1 is 1.38 bits per heavy atom. The van der Waals surface area contributed by atoms with Crippen LogP contribution in [0.2, 0.25) is 0 Å². The van der Waals surface area contributed by atoms with Gasteiger partial charge in [-0.1, -0.05) is 12.1 Å². The van der Waals surface area contributed by atoms with Crippen LogP contribution in [0.1, 0.15) is 0 Å². The van der Waals surface area contributed by atoms with Gasteiger partial charge in [0.15, 0.2) is 0 Å². The molecule has 1 aromatic carbocycles. The minimum absolute atomic E-state index is 0.0223. The second kappa shape index (κ2) is 6.76. The molecule has 0 fully saturated rings. The summed E-state index contributed by atoms with van der Waals surface area (Å²) in [5.41, 5.74) is 0.518. The minimum atomic E-state index is -0.434. The zero-order valence-electron chi connectivity index (χ0n) is 8.76. The summed E-state index contributed by atoms with van der Waals surface area (Å²) in [5, 5.41) is 22.0. The molecule has 1 rings (SSSR count). The van der Waals surface area contributed by atoms with Crippen LogP contribution in [0.3, 0.4) is 0 Å². The maximum absolute atomic E-state index is 10.7. The highest BCUT2D eigenvalue weighted by Gasteiger charge is 2.10. The topological polar surface area (TPSA) is 84.6 Å². The number of rotatable bonds is 7. The number of hydrogen-bond acceptors (Lipinski definition) is 5. The highest BCUT2D eigenvalue weighted by atomic mass is 16.6. The van der Waals surface area contributed by atoms with Crippen molar-refractivity contribution in [2.75, 3.05) is 31.7 Å². The van der Waals surface area contributed by atoms with E-state index in [-0.39, 0.29) is 18.9 Å². The quantitative estimate of drug-likeness (QED) is 0.412. The number of hydrogen-bond donors (Lipinski definition) is 2. The molecular formula is C10H14N2O4. The Labute approximate surface area is 93.0 Å². The lowest BCUT2D eigenvalue weighted by molar-refractivity contribution is -0.384. The Balaban J connectivity index is 2.44. The van der Waals surface area contributed by atoms with Gasteiger partial charge in [0.25, 0.3) is 5.69 Å². The molecular weight excluding hydrogens is 212 g/mol. The number of nitrogens with one attached hydrogen (secondary N) is 1. The van der Waals surface area contributed by atoms with Gasteiger partial charge in [-0.3, -0.25) is 10.1 Å². The first kappa shape index (κ1) is 12.4. The smallest absolute Gasteiger partial charge is 0.292 e. The van der Waals surface area contributed by atoms with Gasteiger partial charge in [-0.2, -0.15) is 0 Å². The van der Waals surface area contributed by atoms with Crippen LogP contribution in [-0.4, -0.2) is 36.4 Å². The van der Waals surface area contributed by atoms with E-state index >= 15 is 0 Å². The Morgan fingerprint density at radius 3 is 2.81 bits per heavy atom. The molecule has 0 saturated heterocycles. The number of nitro groups is 1. The van der Waals surface area contributed by atoms with E-state index in [1.54, 1.807) is 18.2 Å². The molecule has 2 N–H and O–H groups in total. The van der Waals surface area contributed by atoms with Gasteiger partial charge in [0.05, 0.1) is 24.7 Å². The van der Waals surface area contributed by atoms with Gasteiger partial charge >= 0.3 is 0 Å². The molecule has 1 aromatic rings. The SMILES string of the molecule is O=[N+]([O-])c1ccccc1NCCOCCO. The second-order valence-corrected chi connectivity index (χ2v) is 3.04. The molecule has 0 aliphatic carbocycles. The van der Waals surface area contributed by atoms with E-state index < -0.39 is 4.92 Å². The third-order valence-electron chi connectivity index (χ3n) is 1.90. The lowest BCUT2D eigenvalue weighted by atomic mass is 10.2. The monoisotopic (exact) mass is 226 g/mol. The molecule has 0 bridgehead atoms. The van der Waals surface area contributed by atoms with Crippen LogP contribution >= 0.6 is 0 Å². The molecule has 0 unspecified atom stereocenters. The number of ether oxygens (including phenoxy) is 1. The number of para-hydroxylation sites is 2. The normalized spacial score (nSPS) is 10.1. The molecule has 16 heavy (non-hydrogen) atoms. The van der Waals surface area contributed by atoms with Crippen LogP contribution in [0, 0.1) is 10.1 Å². The van der Waals surface area contributed by atoms with Crippen molar-refractivity contribution in [2.45, 2.75) is 0 Å². The molecule has 0 aliphatic rings. The first-order valence-electron chi connectivity index (χ1n) is 4.91. The fourth-order valence-corrected chi connectivity index (χ4v) is 1.21. The molecule has 0 atom stereocenters. The van der Waals surface area contributed by atoms with Crippen molar-refractivity contribution in [1.82, 2.24) is 0 Å². The van der Waals surface area contributed by atoms with Crippen LogP contribution < -0.4 is 5.32 Å². The maximum Gasteiger partial charge on any atom is 0.292 e. The van der Waals surface area contributed by atoms with E-state index in [1.165, 1.54) is 6.07 Å². The van der Waals surface area contributed by atoms with E-state index in [9.17, 15) is 10.1 Å². The predicted molar refractivity (Wildman–Crippen MR) is 59.5 cm³/mol. The first-order chi connectivity index (χ1) is 7.75. The van der Waals surface area contributed by atoms with Crippen LogP contribution in [0.4, 0.5) is 11.4 Å². The summed E-state index contributed by atoms with van der Waals surface area (Å²) in [4.78, 5) is 10.2. The maximum atomic E-state index is 10.7. The lowest BCUT2D eigenvalue weighted by Gasteiger charge is -2.06. The highest BCUT2D eigenvalue weighted by Crippen LogP contribution is 2.22. The van der Waals surface area contributed by atoms with E-state index in [1.807, 2.05) is 0 Å². The van der Waals surface area contributed by atoms with Gasteiger partial charge in [0.1, 0.15) is 5.69 Å². The molecule has 6 nitrogen and oxygen atoms in total. The van der Waals surface area contributed by atoms with Crippen molar-refractivity contribution in [3.05, 3.63) is 34.4 Å². The van der Waals surface area contributed by atoms with Crippen molar-refractivity contribution in [3.8, 4) is 0 Å². The van der Waals surface area contributed by atoms with Gasteiger partial charge in [-0.15, -0.1) is 0 Å². The van der Waals surface area contributed by atoms with Gasteiger partial charge in [0.2, 0.25) is 0 Å². The summed E-state index contributed by atoms with van der Waals surface area (Å²) in [6, 6.07) is 6.43. The molecule has 0 saturated carbocycles. The fourth-order valence-electron chi connectivity index (χ4n) is 1.21. The van der Waals surface area contributed by atoms with Gasteiger partial charge < -0.3 is 15.2 Å². The second-order valence-electron chi connectivity index (χ2n) is 3.04. The minimum Gasteiger partial charge on any atom is -0.394 e. The summed E-state index contributed by atoms with van der Waals surface area (Å²) in [6.45, 7) is 1.11. The van der Waals surface area contributed by atoms with E-state index in [4.69, 9.17) is 9.84 Å². The summed E-state index contributed by atoms with van der Waals surface area (Å²) < 4.78 is 5.02. The fraction of sp³-hybridized carbons (Fsp3) is 0.400. The molecule has 0 heterocycles. The van der Waals surface area contributed by atoms with Crippen LogP contribution in [0.25, 0.3) is 0 Å². The largest absolute Gasteiger partial charge is 0.394 e. The third kappa shape index (κ3) is 3.84. The van der Waals surface area contributed by atoms with Crippen LogP contribution in [0.15, 0.2) is 24.3 Å². The molecule has 0 spiro atoms. The summed E-state index contributed by atoms with van der Waals surface area (Å²) >= 11 is 0. The molecule has 0 aromatic heterocycles. The number of nitro benzene ring substituents is 1. The summed E-state index contributed by atoms with van der Waals surface area (Å²) in [7, 11) is 0. The molecule has 0 aliphatic heterocycles. The number of aliphatic hydroxyl groups is 1. The Hall–Kier alpha value is -1.66. The number of anilines is 1. The highest BCUT2D eigenvalue weighted by molar-refractivity contribution is 5.60. The average Bonchev–Trinajstić information content (AvgIpc) is 2.29. The van der Waals surface area contributed by atoms with Gasteiger partial charge in [-0.25, -0.2) is 0 Å². The zero-order valence-corrected chi connectivity index (χ0v) is 8.76. The molecule has 0 amide bonds. The first-order valence-corrected chi connectivity index (χ1v) is 4.91. The predicted octanol–water partition coefficient (Wildman–Crippen LogP) is 1.02. The van der Waals surface area contributed by atoms with E-state index in [0.29, 0.717) is 18.8 Å². The van der Waals surface area contributed by atoms with Gasteiger partial charge in [0, 0.05) is 12.6 Å². The van der Waals surface area contributed by atoms with Crippen molar-refractivity contribution in [3.63, 3.8) is 0 Å². The van der Waals surface area contributed by atoms with Crippen molar-refractivity contribution in [1.29, 1.82) is 0 Å². The number of aliphatic hydroxyl groups excluding tert-OH is 1. The van der Waals surface area contributed by atoms with Crippen LogP contribution in [-0.2, 0) is 4.74 Å². The van der Waals surface area contributed by atoms with Crippen LogP contribution in [0.5, 0.6) is 0 Å². The average molecular weight is 226 g/mol. The Kier molecular flexibility index (Phi) is 5.24. The lowest BCUT2D eigenvalue weighted by Crippen LogP contribution is -2.12. The molecule has 0 radical (unpaired) electrons. The van der Waals surface area contributed by atoms with Crippen molar-refractivity contribution in [2.24, 2.45) is 0 Å². The Bertz CT molecular complexity index is 343. The Morgan fingerprint density at radius 2 is 2.12 bits per heavy atom. The number of nitrogens with zero attached hydrogens (tertiary/aromatic N) is 1.